The van der Waals surface area contributed by atoms with Crippen LogP contribution in [0.4, 0.5) is 0 Å². The van der Waals surface area contributed by atoms with Crippen molar-refractivity contribution in [1.82, 2.24) is 9.55 Å². The van der Waals surface area contributed by atoms with Crippen molar-refractivity contribution in [3.8, 4) is 0 Å². The second-order valence-electron chi connectivity index (χ2n) is 6.33. The highest BCUT2D eigenvalue weighted by Gasteiger charge is 2.45. The molecule has 1 aromatic heterocycles. The van der Waals surface area contributed by atoms with Gasteiger partial charge in [0.1, 0.15) is 18.3 Å². The van der Waals surface area contributed by atoms with Gasteiger partial charge in [0, 0.05) is 12.3 Å². The molecule has 0 aliphatic carbocycles. The van der Waals surface area contributed by atoms with Crippen LogP contribution in [0.2, 0.25) is 0 Å². The molecule has 0 unspecified atom stereocenters. The first-order chi connectivity index (χ1) is 12.3. The van der Waals surface area contributed by atoms with Crippen LogP contribution in [-0.2, 0) is 14.2 Å². The van der Waals surface area contributed by atoms with E-state index >= 15 is 0 Å². The highest BCUT2D eigenvalue weighted by molar-refractivity contribution is 4.94. The van der Waals surface area contributed by atoms with Crippen LogP contribution in [0.5, 0.6) is 0 Å². The number of ether oxygens (including phenoxy) is 3. The van der Waals surface area contributed by atoms with Gasteiger partial charge in [0.25, 0.3) is 5.56 Å². The van der Waals surface area contributed by atoms with Crippen molar-refractivity contribution in [3.05, 3.63) is 33.1 Å². The number of hydrogen-bond acceptors (Lipinski definition) is 10. The topological polar surface area (TPSA) is 195 Å². The number of nitrogens with one attached hydrogen (secondary N) is 1. The van der Waals surface area contributed by atoms with Crippen LogP contribution >= 0.6 is 0 Å². The van der Waals surface area contributed by atoms with E-state index in [2.05, 4.69) is 0 Å². The number of aliphatic hydroxyl groups excluding tert-OH is 3. The van der Waals surface area contributed by atoms with E-state index in [9.17, 15) is 24.9 Å². The number of aliphatic hydroxyl groups is 3. The molecule has 26 heavy (non-hydrogen) atoms. The zero-order valence-electron chi connectivity index (χ0n) is 13.7. The summed E-state index contributed by atoms with van der Waals surface area (Å²) in [7, 11) is 0. The summed E-state index contributed by atoms with van der Waals surface area (Å²) in [5.41, 5.74) is 10.0. The largest absolute Gasteiger partial charge is 0.390 e. The summed E-state index contributed by atoms with van der Waals surface area (Å²) in [6.45, 7) is -0.168. The van der Waals surface area contributed by atoms with Crippen LogP contribution in [-0.4, -0.2) is 80.9 Å². The van der Waals surface area contributed by atoms with E-state index in [0.717, 1.165) is 16.8 Å². The minimum absolute atomic E-state index is 0.0473. The molecule has 0 radical (unpaired) electrons. The van der Waals surface area contributed by atoms with E-state index in [-0.39, 0.29) is 13.2 Å². The van der Waals surface area contributed by atoms with Gasteiger partial charge < -0.3 is 41.0 Å². The Kier molecular flexibility index (Phi) is 5.55. The van der Waals surface area contributed by atoms with Gasteiger partial charge in [0.2, 0.25) is 0 Å². The highest BCUT2D eigenvalue weighted by Crippen LogP contribution is 2.29. The molecule has 8 atom stereocenters. The van der Waals surface area contributed by atoms with E-state index in [0.29, 0.717) is 0 Å². The number of aromatic amines is 1. The van der Waals surface area contributed by atoms with Crippen molar-refractivity contribution in [1.29, 1.82) is 0 Å². The lowest BCUT2D eigenvalue weighted by atomic mass is 10.0. The predicted octanol–water partition coefficient (Wildman–Crippen LogP) is -4.46. The zero-order valence-corrected chi connectivity index (χ0v) is 13.7. The summed E-state index contributed by atoms with van der Waals surface area (Å²) in [4.78, 5) is 25.0. The Labute approximate surface area is 146 Å². The van der Waals surface area contributed by atoms with Crippen molar-refractivity contribution < 1.29 is 29.5 Å². The Balaban J connectivity index is 1.65. The Morgan fingerprint density at radius 3 is 2.65 bits per heavy atom. The zero-order chi connectivity index (χ0) is 19.0. The highest BCUT2D eigenvalue weighted by atomic mass is 16.7. The maximum atomic E-state index is 11.8. The fourth-order valence-corrected chi connectivity index (χ4v) is 2.94. The maximum absolute atomic E-state index is 11.8. The average Bonchev–Trinajstić information content (AvgIpc) is 2.87. The fraction of sp³-hybridized carbons (Fsp3) is 0.714. The summed E-state index contributed by atoms with van der Waals surface area (Å²) in [5, 5.41) is 30.1. The summed E-state index contributed by atoms with van der Waals surface area (Å²) in [6.07, 6.45) is -5.80. The lowest BCUT2D eigenvalue weighted by Gasteiger charge is -2.36. The van der Waals surface area contributed by atoms with E-state index in [4.69, 9.17) is 25.7 Å². The second-order valence-corrected chi connectivity index (χ2v) is 6.33. The summed E-state index contributed by atoms with van der Waals surface area (Å²) < 4.78 is 17.2. The molecule has 0 spiro atoms. The van der Waals surface area contributed by atoms with Crippen molar-refractivity contribution in [2.45, 2.75) is 49.0 Å². The molecular weight excluding hydrogens is 352 g/mol. The number of nitrogens with two attached hydrogens (primary N) is 2. The summed E-state index contributed by atoms with van der Waals surface area (Å²) in [5.74, 6) is 0. The summed E-state index contributed by atoms with van der Waals surface area (Å²) >= 11 is 0. The normalized spacial score (nSPS) is 40.7. The van der Waals surface area contributed by atoms with Crippen LogP contribution in [0.15, 0.2) is 21.9 Å². The molecule has 0 aromatic carbocycles. The van der Waals surface area contributed by atoms with Crippen LogP contribution in [0, 0.1) is 0 Å². The first-order valence-corrected chi connectivity index (χ1v) is 8.05. The van der Waals surface area contributed by atoms with Crippen molar-refractivity contribution in [3.63, 3.8) is 0 Å². The lowest BCUT2D eigenvalue weighted by Crippen LogP contribution is -2.61. The van der Waals surface area contributed by atoms with Gasteiger partial charge in [0.15, 0.2) is 12.5 Å². The van der Waals surface area contributed by atoms with E-state index in [1.54, 1.807) is 0 Å². The smallest absolute Gasteiger partial charge is 0.330 e. The molecule has 1 aromatic rings. The van der Waals surface area contributed by atoms with Gasteiger partial charge in [-0.25, -0.2) is 4.79 Å². The Morgan fingerprint density at radius 2 is 1.96 bits per heavy atom. The van der Waals surface area contributed by atoms with Gasteiger partial charge in [-0.05, 0) is 0 Å². The number of hydrogen-bond donors (Lipinski definition) is 6. The molecule has 0 saturated carbocycles. The number of aromatic nitrogens is 2. The van der Waals surface area contributed by atoms with Crippen molar-refractivity contribution >= 4 is 0 Å². The quantitative estimate of drug-likeness (QED) is 0.299. The molecule has 0 bridgehead atoms. The monoisotopic (exact) mass is 374 g/mol. The Hall–Kier alpha value is -1.64. The molecule has 8 N–H and O–H groups in total. The molecule has 12 heteroatoms. The predicted molar refractivity (Wildman–Crippen MR) is 84.9 cm³/mol. The Bertz CT molecular complexity index is 738. The average molecular weight is 374 g/mol. The van der Waals surface area contributed by atoms with Crippen LogP contribution < -0.4 is 22.7 Å². The number of rotatable bonds is 4. The van der Waals surface area contributed by atoms with E-state index in [1.165, 1.54) is 0 Å². The lowest BCUT2D eigenvalue weighted by molar-refractivity contribution is -0.216. The molecule has 2 saturated heterocycles. The molecule has 2 aliphatic rings. The van der Waals surface area contributed by atoms with Gasteiger partial charge >= 0.3 is 5.69 Å². The van der Waals surface area contributed by atoms with Gasteiger partial charge in [0.05, 0.1) is 31.4 Å². The fourth-order valence-electron chi connectivity index (χ4n) is 2.94. The third-order valence-electron chi connectivity index (χ3n) is 4.49. The first kappa shape index (κ1) is 19.1. The molecule has 12 nitrogen and oxygen atoms in total. The molecule has 0 amide bonds. The number of nitrogens with zero attached hydrogens (tertiary/aromatic N) is 1. The van der Waals surface area contributed by atoms with E-state index < -0.39 is 60.3 Å². The molecule has 2 fully saturated rings. The minimum Gasteiger partial charge on any atom is -0.390 e. The van der Waals surface area contributed by atoms with E-state index in [1.807, 2.05) is 4.98 Å². The van der Waals surface area contributed by atoms with Crippen LogP contribution in [0.25, 0.3) is 0 Å². The molecule has 3 heterocycles. The first-order valence-electron chi connectivity index (χ1n) is 8.05. The van der Waals surface area contributed by atoms with Gasteiger partial charge in [-0.2, -0.15) is 0 Å². The van der Waals surface area contributed by atoms with Gasteiger partial charge in [-0.15, -0.1) is 0 Å². The third-order valence-corrected chi connectivity index (χ3v) is 4.49. The molecule has 3 rings (SSSR count). The van der Waals surface area contributed by atoms with Gasteiger partial charge in [-0.3, -0.25) is 14.3 Å². The standard InChI is InChI=1S/C14H22N4O8/c15-5-3-24-13(8(16)9(5)20)25-4-6-10(21)11(22)12(26-6)18-2-1-7(19)17-14(18)23/h1-2,5-6,8-13,20-22H,3-4,15-16H2,(H,17,19,23)/t5-,6-,8-,9+,10-,11-,12-,13+/m1/s1. The third kappa shape index (κ3) is 3.58. The maximum Gasteiger partial charge on any atom is 0.330 e. The van der Waals surface area contributed by atoms with Crippen molar-refractivity contribution in [2.24, 2.45) is 11.5 Å². The van der Waals surface area contributed by atoms with Crippen molar-refractivity contribution in [2.75, 3.05) is 13.2 Å². The SMILES string of the molecule is N[C@H]1[C@H](OC[C@H]2O[C@@H](n3ccc(=O)[nH]c3=O)[C@H](O)[C@@H]2O)OC[C@@H](N)[C@@H]1O. The molecule has 2 aliphatic heterocycles. The molecular formula is C14H22N4O8. The molecule has 146 valence electrons. The summed E-state index contributed by atoms with van der Waals surface area (Å²) in [6, 6.07) is -0.427. The second kappa shape index (κ2) is 7.54. The number of H-pyrrole nitrogens is 1. The Morgan fingerprint density at radius 1 is 1.23 bits per heavy atom. The van der Waals surface area contributed by atoms with Gasteiger partial charge in [-0.1, -0.05) is 0 Å². The minimum atomic E-state index is -1.42. The van der Waals surface area contributed by atoms with Crippen LogP contribution in [0.3, 0.4) is 0 Å². The van der Waals surface area contributed by atoms with Crippen LogP contribution in [0.1, 0.15) is 6.23 Å².